The maximum atomic E-state index is 12.1. The molecule has 1 aromatic carbocycles. The van der Waals surface area contributed by atoms with Crippen LogP contribution in [-0.2, 0) is 6.54 Å². The Morgan fingerprint density at radius 1 is 1.38 bits per heavy atom. The fourth-order valence-corrected chi connectivity index (χ4v) is 2.06. The summed E-state index contributed by atoms with van der Waals surface area (Å²) in [6, 6.07) is 7.38. The molecule has 0 amide bonds. The van der Waals surface area contributed by atoms with E-state index >= 15 is 0 Å². The van der Waals surface area contributed by atoms with Gasteiger partial charge in [-0.25, -0.2) is 4.68 Å². The van der Waals surface area contributed by atoms with Crippen LogP contribution in [-0.4, -0.2) is 30.0 Å². The van der Waals surface area contributed by atoms with E-state index in [4.69, 9.17) is 10.5 Å². The molecule has 0 unspecified atom stereocenters. The molecule has 0 aliphatic carbocycles. The summed E-state index contributed by atoms with van der Waals surface area (Å²) < 4.78 is 6.73. The van der Waals surface area contributed by atoms with Crippen molar-refractivity contribution < 1.29 is 4.74 Å². The number of anilines is 1. The van der Waals surface area contributed by atoms with Crippen molar-refractivity contribution in [2.45, 2.75) is 13.5 Å². The predicted molar refractivity (Wildman–Crippen MR) is 82.9 cm³/mol. The molecule has 3 N–H and O–H groups in total. The summed E-state index contributed by atoms with van der Waals surface area (Å²) in [5, 5.41) is 7.21. The minimum Gasteiger partial charge on any atom is -0.496 e. The molecule has 6 heteroatoms. The van der Waals surface area contributed by atoms with E-state index in [1.165, 1.54) is 10.7 Å². The van der Waals surface area contributed by atoms with Crippen molar-refractivity contribution in [1.82, 2.24) is 9.78 Å². The Kier molecular flexibility index (Phi) is 4.94. The molecule has 0 atom stereocenters. The lowest BCUT2D eigenvalue weighted by Crippen LogP contribution is -2.24. The number of methoxy groups -OCH3 is 1. The molecule has 112 valence electrons. The molecule has 21 heavy (non-hydrogen) atoms. The number of nitrogens with zero attached hydrogens (tertiary/aromatic N) is 2. The quantitative estimate of drug-likeness (QED) is 0.828. The van der Waals surface area contributed by atoms with Gasteiger partial charge in [0.05, 0.1) is 25.5 Å². The third kappa shape index (κ3) is 3.82. The Morgan fingerprint density at radius 3 is 2.86 bits per heavy atom. The second-order valence-corrected chi connectivity index (χ2v) is 4.77. The smallest absolute Gasteiger partial charge is 0.269 e. The molecule has 0 saturated carbocycles. The number of rotatable bonds is 6. The zero-order valence-electron chi connectivity index (χ0n) is 12.3. The first kappa shape index (κ1) is 15.1. The van der Waals surface area contributed by atoms with Crippen LogP contribution in [0.15, 0.2) is 35.3 Å². The van der Waals surface area contributed by atoms with Crippen molar-refractivity contribution in [1.29, 1.82) is 0 Å². The second kappa shape index (κ2) is 6.90. The summed E-state index contributed by atoms with van der Waals surface area (Å²) in [6.45, 7) is 3.49. The van der Waals surface area contributed by atoms with E-state index in [2.05, 4.69) is 10.4 Å². The van der Waals surface area contributed by atoms with Gasteiger partial charge in [0.1, 0.15) is 5.75 Å². The van der Waals surface area contributed by atoms with Gasteiger partial charge in [-0.05, 0) is 13.0 Å². The van der Waals surface area contributed by atoms with E-state index in [9.17, 15) is 4.79 Å². The number of ether oxygens (including phenoxy) is 1. The summed E-state index contributed by atoms with van der Waals surface area (Å²) in [7, 11) is 1.62. The fourth-order valence-electron chi connectivity index (χ4n) is 2.06. The van der Waals surface area contributed by atoms with E-state index in [1.807, 2.05) is 25.1 Å². The van der Waals surface area contributed by atoms with Crippen LogP contribution in [0.25, 0.3) is 0 Å². The summed E-state index contributed by atoms with van der Waals surface area (Å²) in [6.07, 6.45) is 1.62. The van der Waals surface area contributed by atoms with Gasteiger partial charge in [0, 0.05) is 24.7 Å². The average molecular weight is 288 g/mol. The molecule has 6 nitrogen and oxygen atoms in total. The monoisotopic (exact) mass is 288 g/mol. The molecule has 0 aliphatic heterocycles. The molecule has 0 spiro atoms. The highest BCUT2D eigenvalue weighted by Crippen LogP contribution is 2.20. The number of aromatic nitrogens is 2. The van der Waals surface area contributed by atoms with Gasteiger partial charge in [-0.1, -0.05) is 17.7 Å². The van der Waals surface area contributed by atoms with Crippen molar-refractivity contribution in [2.24, 2.45) is 5.73 Å². The van der Waals surface area contributed by atoms with E-state index in [1.54, 1.807) is 13.3 Å². The highest BCUT2D eigenvalue weighted by molar-refractivity contribution is 5.39. The normalized spacial score (nSPS) is 10.4. The van der Waals surface area contributed by atoms with Crippen molar-refractivity contribution in [3.63, 3.8) is 0 Å². The molecular weight excluding hydrogens is 268 g/mol. The van der Waals surface area contributed by atoms with Crippen LogP contribution in [0.1, 0.15) is 11.1 Å². The lowest BCUT2D eigenvalue weighted by molar-refractivity contribution is 0.406. The van der Waals surface area contributed by atoms with Crippen molar-refractivity contribution in [3.05, 3.63) is 51.9 Å². The van der Waals surface area contributed by atoms with Gasteiger partial charge in [-0.2, -0.15) is 5.10 Å². The van der Waals surface area contributed by atoms with Gasteiger partial charge in [0.25, 0.3) is 5.56 Å². The van der Waals surface area contributed by atoms with Crippen LogP contribution in [0, 0.1) is 6.92 Å². The number of aryl methyl sites for hydroxylation is 1. The maximum absolute atomic E-state index is 12.1. The summed E-state index contributed by atoms with van der Waals surface area (Å²) in [4.78, 5) is 12.1. The molecule has 1 aromatic heterocycles. The SMILES string of the molecule is COc1ccc(C)cc1Cn1ncc(NCCN)cc1=O. The summed E-state index contributed by atoms with van der Waals surface area (Å²) in [5.41, 5.74) is 7.96. The molecule has 1 heterocycles. The minimum absolute atomic E-state index is 0.166. The van der Waals surface area contributed by atoms with E-state index in [-0.39, 0.29) is 5.56 Å². The number of benzene rings is 1. The number of nitrogens with two attached hydrogens (primary N) is 1. The molecular formula is C15H20N4O2. The third-order valence-corrected chi connectivity index (χ3v) is 3.10. The van der Waals surface area contributed by atoms with Gasteiger partial charge < -0.3 is 15.8 Å². The average Bonchev–Trinajstić information content (AvgIpc) is 2.48. The molecule has 0 saturated heterocycles. The van der Waals surface area contributed by atoms with Crippen LogP contribution in [0.5, 0.6) is 5.75 Å². The van der Waals surface area contributed by atoms with Gasteiger partial charge >= 0.3 is 0 Å². The third-order valence-electron chi connectivity index (χ3n) is 3.10. The summed E-state index contributed by atoms with van der Waals surface area (Å²) in [5.74, 6) is 0.750. The standard InChI is InChI=1S/C15H20N4O2/c1-11-3-4-14(21-2)12(7-11)10-19-15(20)8-13(9-18-19)17-6-5-16/h3-4,7-9,17H,5-6,10,16H2,1-2H3. The molecule has 0 aliphatic rings. The van der Waals surface area contributed by atoms with E-state index in [0.717, 1.165) is 16.9 Å². The zero-order chi connectivity index (χ0) is 15.2. The Labute approximate surface area is 123 Å². The van der Waals surface area contributed by atoms with Gasteiger partial charge in [-0.15, -0.1) is 0 Å². The Morgan fingerprint density at radius 2 is 2.19 bits per heavy atom. The lowest BCUT2D eigenvalue weighted by Gasteiger charge is -2.11. The second-order valence-electron chi connectivity index (χ2n) is 4.77. The topological polar surface area (TPSA) is 82.2 Å². The summed E-state index contributed by atoms with van der Waals surface area (Å²) >= 11 is 0. The molecule has 0 fully saturated rings. The van der Waals surface area contributed by atoms with Crippen LogP contribution in [0.2, 0.25) is 0 Å². The molecule has 2 rings (SSSR count). The van der Waals surface area contributed by atoms with Crippen LogP contribution in [0.4, 0.5) is 5.69 Å². The Hall–Kier alpha value is -2.34. The highest BCUT2D eigenvalue weighted by Gasteiger charge is 2.07. The Bertz CT molecular complexity index is 667. The molecule has 2 aromatic rings. The van der Waals surface area contributed by atoms with Crippen molar-refractivity contribution in [3.8, 4) is 5.75 Å². The maximum Gasteiger partial charge on any atom is 0.269 e. The largest absolute Gasteiger partial charge is 0.496 e. The van der Waals surface area contributed by atoms with Crippen molar-refractivity contribution in [2.75, 3.05) is 25.5 Å². The van der Waals surface area contributed by atoms with Gasteiger partial charge in [0.15, 0.2) is 0 Å². The minimum atomic E-state index is -0.166. The number of hydrogen-bond donors (Lipinski definition) is 2. The van der Waals surface area contributed by atoms with E-state index < -0.39 is 0 Å². The van der Waals surface area contributed by atoms with Crippen LogP contribution >= 0.6 is 0 Å². The first-order valence-corrected chi connectivity index (χ1v) is 6.78. The predicted octanol–water partition coefficient (Wildman–Crippen LogP) is 0.979. The molecule has 0 bridgehead atoms. The Balaban J connectivity index is 2.24. The first-order valence-electron chi connectivity index (χ1n) is 6.78. The highest BCUT2D eigenvalue weighted by atomic mass is 16.5. The van der Waals surface area contributed by atoms with E-state index in [0.29, 0.717) is 25.3 Å². The zero-order valence-corrected chi connectivity index (χ0v) is 12.3. The molecule has 0 radical (unpaired) electrons. The number of nitrogens with one attached hydrogen (secondary N) is 1. The van der Waals surface area contributed by atoms with Gasteiger partial charge in [-0.3, -0.25) is 4.79 Å². The lowest BCUT2D eigenvalue weighted by atomic mass is 10.1. The van der Waals surface area contributed by atoms with Gasteiger partial charge in [0.2, 0.25) is 0 Å². The van der Waals surface area contributed by atoms with Crippen LogP contribution in [0.3, 0.4) is 0 Å². The van der Waals surface area contributed by atoms with Crippen molar-refractivity contribution >= 4 is 5.69 Å². The first-order chi connectivity index (χ1) is 10.1. The fraction of sp³-hybridized carbons (Fsp3) is 0.333. The van der Waals surface area contributed by atoms with Crippen LogP contribution < -0.4 is 21.3 Å². The number of hydrogen-bond acceptors (Lipinski definition) is 5.